The number of aliphatic imine (C=N–C) groups is 2. The standard InChI is InChI=1S/C42H28Cl4N6O18S4.4Na/c1-69-31-15-28(50-52-38-34(74(66,67)68)10-18-8-22(72(60,61)62)14-30(36(18)40(38)54)48-42(56)24-6-4-20(44)12-26(24)46)32(70-2)16-27(31)49-51-37-33(73(63,64)65)9-17-7-21(71(57,58)59)13-29(35(17)39(37)53)47-41(55)23-5-3-19(43)11-25(23)45;;;;/h3-16,53-54H,1-2H3,(H,47,55)(H,48,56)(H,57,58,59)(H,60,61,62)(H,63,64,65)(H,66,67,68);;;;/q;4*+1/p-4. The van der Waals surface area contributed by atoms with Crippen molar-refractivity contribution in [2.75, 3.05) is 14.2 Å². The number of benzene rings is 7. The Morgan fingerprint density at radius 2 is 0.795 bits per heavy atom. The molecule has 24 nitrogen and oxygen atoms in total. The molecule has 0 fully saturated rings. The fourth-order valence-electron chi connectivity index (χ4n) is 6.80. The third-order valence-electron chi connectivity index (χ3n) is 10.1. The summed E-state index contributed by atoms with van der Waals surface area (Å²) in [6, 6.07) is 12.8. The predicted molar refractivity (Wildman–Crippen MR) is 259 cm³/mol. The minimum Gasteiger partial charge on any atom is -0.870 e. The normalized spacial score (nSPS) is 12.5. The van der Waals surface area contributed by atoms with Crippen LogP contribution in [-0.4, -0.2) is 77.9 Å². The third kappa shape index (κ3) is 15.4. The third-order valence-corrected chi connectivity index (χ3v) is 14.6. The molecular weight excluding hydrogens is 1240 g/mol. The van der Waals surface area contributed by atoms with Gasteiger partial charge in [0, 0.05) is 44.1 Å². The molecule has 0 aromatic heterocycles. The maximum atomic E-state index is 14.2. The molecule has 0 atom stereocenters. The first-order valence-corrected chi connectivity index (χ1v) is 26.7. The van der Waals surface area contributed by atoms with E-state index in [0.29, 0.717) is 36.4 Å². The van der Waals surface area contributed by atoms with E-state index in [4.69, 9.17) is 55.9 Å². The van der Waals surface area contributed by atoms with Crippen molar-refractivity contribution in [3.05, 3.63) is 116 Å². The predicted octanol–water partition coefficient (Wildman–Crippen LogP) is -4.52. The molecular formula is C42H24Cl4N6Na4O18S4. The van der Waals surface area contributed by atoms with Gasteiger partial charge in [0.1, 0.15) is 32.7 Å². The van der Waals surface area contributed by atoms with Gasteiger partial charge in [-0.05, 0) is 83.2 Å². The summed E-state index contributed by atoms with van der Waals surface area (Å²) in [6.07, 6.45) is 0. The summed E-state index contributed by atoms with van der Waals surface area (Å²) < 4.78 is 151. The van der Waals surface area contributed by atoms with Crippen LogP contribution >= 0.6 is 46.4 Å². The number of nitrogens with zero attached hydrogens (tertiary/aromatic N) is 6. The summed E-state index contributed by atoms with van der Waals surface area (Å²) in [5.74, 6) is -5.91. The van der Waals surface area contributed by atoms with Crippen molar-refractivity contribution >= 4 is 154 Å². The maximum absolute atomic E-state index is 14.2. The van der Waals surface area contributed by atoms with E-state index in [2.05, 4.69) is 30.4 Å². The first kappa shape index (κ1) is 69.5. The van der Waals surface area contributed by atoms with Crippen LogP contribution < -0.4 is 148 Å². The summed E-state index contributed by atoms with van der Waals surface area (Å²) in [5, 5.41) is 67.6. The zero-order chi connectivity index (χ0) is 54.6. The number of hydrogen-bond donors (Lipinski definition) is 4. The minimum atomic E-state index is -5.46. The van der Waals surface area contributed by atoms with Gasteiger partial charge in [-0.3, -0.25) is 28.2 Å². The summed E-state index contributed by atoms with van der Waals surface area (Å²) in [7, 11) is -19.1. The molecule has 0 radical (unpaired) electrons. The number of fused-ring (bicyclic) bond motifs is 2. The summed E-state index contributed by atoms with van der Waals surface area (Å²) in [6.45, 7) is 0. The van der Waals surface area contributed by atoms with Gasteiger partial charge in [-0.2, -0.15) is 33.7 Å². The van der Waals surface area contributed by atoms with Crippen molar-refractivity contribution in [3.8, 4) is 23.0 Å². The molecule has 0 aliphatic rings. The van der Waals surface area contributed by atoms with E-state index < -0.39 is 139 Å². The number of rotatable bonds is 14. The van der Waals surface area contributed by atoms with Crippen molar-refractivity contribution < 1.29 is 200 Å². The molecule has 0 saturated carbocycles. The Hall–Kier alpha value is -2.80. The molecule has 0 aliphatic carbocycles. The number of ether oxygens (including phenoxy) is 2. The van der Waals surface area contributed by atoms with Gasteiger partial charge in [0.25, 0.3) is 40.5 Å². The Balaban J connectivity index is 0.00000400. The van der Waals surface area contributed by atoms with Gasteiger partial charge in [-0.15, -0.1) is 20.5 Å². The van der Waals surface area contributed by atoms with E-state index >= 15 is 0 Å². The number of halogens is 4. The Morgan fingerprint density at radius 3 is 1.08 bits per heavy atom. The molecule has 4 N–H and O–H groups in total. The van der Waals surface area contributed by atoms with Gasteiger partial charge >= 0.3 is 118 Å². The largest absolute Gasteiger partial charge is 1.00 e. The molecule has 0 saturated heterocycles. The molecule has 7 rings (SSSR count). The molecule has 0 amide bonds. The molecule has 7 aromatic carbocycles. The van der Waals surface area contributed by atoms with Gasteiger partial charge in [-0.25, -0.2) is 0 Å². The maximum Gasteiger partial charge on any atom is 1.00 e. The van der Waals surface area contributed by atoms with E-state index in [9.17, 15) is 72.3 Å². The Kier molecular flexibility index (Phi) is 24.1. The first-order chi connectivity index (χ1) is 34.4. The molecule has 0 spiro atoms. The molecule has 0 bridgehead atoms. The van der Waals surface area contributed by atoms with Crippen LogP contribution in [-0.2, 0) is 40.5 Å². The molecule has 386 valence electrons. The average molecular weight is 1260 g/mol. The van der Waals surface area contributed by atoms with Gasteiger partial charge in [-0.1, -0.05) is 70.0 Å². The van der Waals surface area contributed by atoms with Crippen molar-refractivity contribution in [1.29, 1.82) is 0 Å². The van der Waals surface area contributed by atoms with Gasteiger partial charge in [0.2, 0.25) is 0 Å². The number of azo groups is 2. The second-order valence-electron chi connectivity index (χ2n) is 14.8. The monoisotopic (exact) mass is 1260 g/mol. The van der Waals surface area contributed by atoms with Crippen molar-refractivity contribution in [3.63, 3.8) is 0 Å². The topological polar surface area (TPSA) is 402 Å². The van der Waals surface area contributed by atoms with E-state index in [1.807, 2.05) is 0 Å². The second-order valence-corrected chi connectivity index (χ2v) is 22.1. The Morgan fingerprint density at radius 1 is 0.462 bits per heavy atom. The van der Waals surface area contributed by atoms with Gasteiger partial charge < -0.3 is 29.9 Å². The van der Waals surface area contributed by atoms with Crippen LogP contribution in [0.2, 0.25) is 20.1 Å². The zero-order valence-electron chi connectivity index (χ0n) is 40.4. The number of hydrogen-bond acceptors (Lipinski definition) is 20. The fourth-order valence-corrected chi connectivity index (χ4v) is 10.2. The summed E-state index contributed by atoms with van der Waals surface area (Å²) in [4.78, 5) is 3.16. The van der Waals surface area contributed by atoms with Gasteiger partial charge in [0.15, 0.2) is 0 Å². The zero-order valence-corrected chi connectivity index (χ0v) is 54.7. The van der Waals surface area contributed by atoms with E-state index in [0.717, 1.165) is 38.5 Å². The van der Waals surface area contributed by atoms with Crippen LogP contribution in [0.3, 0.4) is 0 Å². The van der Waals surface area contributed by atoms with Crippen LogP contribution in [0.5, 0.6) is 23.0 Å². The second kappa shape index (κ2) is 27.1. The van der Waals surface area contributed by atoms with E-state index in [-0.39, 0.29) is 161 Å². The molecule has 0 aliphatic heterocycles. The van der Waals surface area contributed by atoms with Crippen LogP contribution in [0.15, 0.2) is 135 Å². The molecule has 36 heteroatoms. The molecule has 78 heavy (non-hydrogen) atoms. The Labute approximate surface area is 550 Å². The fraction of sp³-hybridized carbons (Fsp3) is 0.0476. The summed E-state index contributed by atoms with van der Waals surface area (Å²) >= 11 is 24.1. The van der Waals surface area contributed by atoms with E-state index in [1.54, 1.807) is 0 Å². The van der Waals surface area contributed by atoms with Crippen LogP contribution in [0, 0.1) is 0 Å². The van der Waals surface area contributed by atoms with Crippen LogP contribution in [0.25, 0.3) is 21.5 Å². The van der Waals surface area contributed by atoms with Crippen molar-refractivity contribution in [2.24, 2.45) is 30.4 Å². The van der Waals surface area contributed by atoms with E-state index in [1.165, 1.54) is 24.3 Å². The molecule has 7 aromatic rings. The summed E-state index contributed by atoms with van der Waals surface area (Å²) in [5.41, 5.74) is -5.21. The van der Waals surface area contributed by atoms with Crippen molar-refractivity contribution in [2.45, 2.75) is 19.6 Å². The Bertz CT molecular complexity index is 3920. The number of methoxy groups -OCH3 is 2. The average Bonchev–Trinajstić information content (AvgIpc) is 3.29. The quantitative estimate of drug-likeness (QED) is 0.0262. The van der Waals surface area contributed by atoms with Crippen molar-refractivity contribution in [1.82, 2.24) is 0 Å². The molecule has 0 heterocycles. The molecule has 0 unspecified atom stereocenters. The van der Waals surface area contributed by atoms with Crippen LogP contribution in [0.4, 0.5) is 34.1 Å². The SMILES string of the molecule is COc1cc(N=Nc2c(S(=O)(=O)O)cc3cc(S(=O)(=O)O)cc(N=C([O-])c4ccc(Cl)cc4Cl)c3c2[O-])c(OC)cc1N=Nc1c(S(=O)(=O)O)cc2cc(S(=O)(=O)O)cc(N=C([O-])c3ccc(Cl)cc3Cl)c2c1[O-].[Na+].[Na+].[Na+].[Na+]. The smallest absolute Gasteiger partial charge is 0.870 e. The minimum absolute atomic E-state index is 0. The first-order valence-electron chi connectivity index (χ1n) is 19.5. The van der Waals surface area contributed by atoms with Gasteiger partial charge in [0.05, 0.1) is 56.8 Å². The van der Waals surface area contributed by atoms with Crippen LogP contribution in [0.1, 0.15) is 11.1 Å².